The van der Waals surface area contributed by atoms with Gasteiger partial charge in [0.1, 0.15) is 11.6 Å². The lowest BCUT2D eigenvalue weighted by Crippen LogP contribution is -2.45. The normalized spacial score (nSPS) is 21.7. The Kier molecular flexibility index (Phi) is 7.37. The molecular weight excluding hydrogens is 541 g/mol. The SMILES string of the molecule is Cc1nc2ccncc2n1C1C[C@H]2CC[C@@H](C1)N2CC[C@H](NC(=O)c1ccc(S(C)(=O)=O)cc1)c1cccc(F)c1. The Balaban J connectivity index is 1.17. The fraction of sp³-hybridized carbons (Fsp3) is 0.387. The average Bonchev–Trinajstić information content (AvgIpc) is 3.40. The van der Waals surface area contributed by atoms with Gasteiger partial charge < -0.3 is 9.88 Å². The molecule has 4 aromatic rings. The summed E-state index contributed by atoms with van der Waals surface area (Å²) in [6.45, 7) is 2.84. The first-order valence-electron chi connectivity index (χ1n) is 14.1. The fourth-order valence-electron chi connectivity index (χ4n) is 6.76. The van der Waals surface area contributed by atoms with E-state index in [0.717, 1.165) is 55.3 Å². The number of hydrogen-bond acceptors (Lipinski definition) is 6. The zero-order valence-corrected chi connectivity index (χ0v) is 24.0. The van der Waals surface area contributed by atoms with Crippen molar-refractivity contribution in [1.82, 2.24) is 24.8 Å². The van der Waals surface area contributed by atoms with E-state index in [1.54, 1.807) is 12.3 Å². The van der Waals surface area contributed by atoms with E-state index in [4.69, 9.17) is 4.98 Å². The standard InChI is InChI=1S/C31H34FN5O3S/c1-20-34-29-12-14-33-19-30(29)37(20)26-17-24-8-9-25(18-26)36(24)15-13-28(22-4-3-5-23(32)16-22)35-31(38)21-6-10-27(11-7-21)41(2,39)40/h3-7,10-12,14,16,19,24-26,28H,8-9,13,15,17-18H2,1-2H3,(H,35,38)/t24-,25+,26?,28-/m0/s1. The molecule has 6 rings (SSSR count). The molecule has 0 radical (unpaired) electrons. The highest BCUT2D eigenvalue weighted by Gasteiger charge is 2.41. The molecule has 2 aromatic heterocycles. The predicted octanol–water partition coefficient (Wildman–Crippen LogP) is 5.01. The maximum atomic E-state index is 14.2. The molecule has 2 bridgehead atoms. The van der Waals surface area contributed by atoms with E-state index in [-0.39, 0.29) is 16.6 Å². The topological polar surface area (TPSA) is 97.2 Å². The molecule has 0 saturated carbocycles. The molecule has 1 N–H and O–H groups in total. The number of aryl methyl sites for hydroxylation is 1. The summed E-state index contributed by atoms with van der Waals surface area (Å²) in [6.07, 6.45) is 9.78. The van der Waals surface area contributed by atoms with Crippen molar-refractivity contribution < 1.29 is 17.6 Å². The highest BCUT2D eigenvalue weighted by molar-refractivity contribution is 7.90. The third kappa shape index (κ3) is 5.63. The molecule has 2 aromatic carbocycles. The van der Waals surface area contributed by atoms with Crippen molar-refractivity contribution >= 4 is 26.8 Å². The Bertz CT molecular complexity index is 1670. The molecule has 8 nitrogen and oxygen atoms in total. The van der Waals surface area contributed by atoms with Gasteiger partial charge in [-0.2, -0.15) is 0 Å². The number of imidazole rings is 1. The van der Waals surface area contributed by atoms with E-state index < -0.39 is 15.9 Å². The van der Waals surface area contributed by atoms with Crippen LogP contribution in [0.3, 0.4) is 0 Å². The third-order valence-electron chi connectivity index (χ3n) is 8.67. The Morgan fingerprint density at radius 1 is 1.07 bits per heavy atom. The number of nitrogens with zero attached hydrogens (tertiary/aromatic N) is 4. The Morgan fingerprint density at radius 2 is 1.80 bits per heavy atom. The lowest BCUT2D eigenvalue weighted by atomic mass is 9.95. The van der Waals surface area contributed by atoms with Gasteiger partial charge in [-0.3, -0.25) is 14.7 Å². The van der Waals surface area contributed by atoms with E-state index in [2.05, 4.69) is 26.7 Å². The zero-order valence-electron chi connectivity index (χ0n) is 23.2. The second-order valence-corrected chi connectivity index (χ2v) is 13.3. The van der Waals surface area contributed by atoms with Crippen LogP contribution in [0.5, 0.6) is 0 Å². The summed E-state index contributed by atoms with van der Waals surface area (Å²) in [6, 6.07) is 15.1. The van der Waals surface area contributed by atoms with Crippen molar-refractivity contribution in [1.29, 1.82) is 0 Å². The van der Waals surface area contributed by atoms with Gasteiger partial charge in [-0.25, -0.2) is 17.8 Å². The number of halogens is 1. The Hall–Kier alpha value is -3.63. The van der Waals surface area contributed by atoms with Gasteiger partial charge in [-0.1, -0.05) is 12.1 Å². The molecular formula is C31H34FN5O3S. The van der Waals surface area contributed by atoms with Crippen LogP contribution < -0.4 is 5.32 Å². The van der Waals surface area contributed by atoms with Gasteiger partial charge in [0.05, 0.1) is 28.2 Å². The van der Waals surface area contributed by atoms with Crippen molar-refractivity contribution in [3.05, 3.63) is 89.8 Å². The first-order valence-corrected chi connectivity index (χ1v) is 16.0. The molecule has 2 saturated heterocycles. The Morgan fingerprint density at radius 3 is 2.49 bits per heavy atom. The monoisotopic (exact) mass is 575 g/mol. The number of hydrogen-bond donors (Lipinski definition) is 1. The lowest BCUT2D eigenvalue weighted by molar-refractivity contribution is 0.0896. The predicted molar refractivity (Wildman–Crippen MR) is 155 cm³/mol. The number of carbonyl (C=O) groups is 1. The third-order valence-corrected chi connectivity index (χ3v) is 9.80. The molecule has 0 aliphatic carbocycles. The van der Waals surface area contributed by atoms with Crippen LogP contribution in [0.4, 0.5) is 4.39 Å². The van der Waals surface area contributed by atoms with Gasteiger partial charge in [0.2, 0.25) is 0 Å². The van der Waals surface area contributed by atoms with Crippen molar-refractivity contribution in [2.75, 3.05) is 12.8 Å². The molecule has 10 heteroatoms. The minimum absolute atomic E-state index is 0.157. The van der Waals surface area contributed by atoms with Crippen molar-refractivity contribution in [3.8, 4) is 0 Å². The van der Waals surface area contributed by atoms with Crippen LogP contribution in [-0.2, 0) is 9.84 Å². The van der Waals surface area contributed by atoms with Gasteiger partial charge in [0.15, 0.2) is 9.84 Å². The summed E-state index contributed by atoms with van der Waals surface area (Å²) < 4.78 is 40.2. The van der Waals surface area contributed by atoms with Crippen LogP contribution in [0.1, 0.15) is 65.9 Å². The van der Waals surface area contributed by atoms with E-state index in [1.165, 1.54) is 36.4 Å². The van der Waals surface area contributed by atoms with Gasteiger partial charge in [0.25, 0.3) is 5.91 Å². The Labute approximate surface area is 239 Å². The van der Waals surface area contributed by atoms with E-state index in [0.29, 0.717) is 35.7 Å². The second-order valence-electron chi connectivity index (χ2n) is 11.3. The molecule has 2 fully saturated rings. The van der Waals surface area contributed by atoms with Crippen molar-refractivity contribution in [3.63, 3.8) is 0 Å². The largest absolute Gasteiger partial charge is 0.345 e. The molecule has 1 unspecified atom stereocenters. The van der Waals surface area contributed by atoms with Gasteiger partial charge >= 0.3 is 0 Å². The summed E-state index contributed by atoms with van der Waals surface area (Å²) >= 11 is 0. The van der Waals surface area contributed by atoms with Crippen molar-refractivity contribution in [2.45, 2.75) is 68.1 Å². The van der Waals surface area contributed by atoms with Crippen LogP contribution in [0.2, 0.25) is 0 Å². The van der Waals surface area contributed by atoms with E-state index in [1.807, 2.05) is 18.3 Å². The van der Waals surface area contributed by atoms with Crippen LogP contribution >= 0.6 is 0 Å². The zero-order chi connectivity index (χ0) is 28.7. The highest BCUT2D eigenvalue weighted by Crippen LogP contribution is 2.42. The van der Waals surface area contributed by atoms with Gasteiger partial charge in [-0.05, 0) is 87.1 Å². The summed E-state index contributed by atoms with van der Waals surface area (Å²) in [7, 11) is -3.36. The summed E-state index contributed by atoms with van der Waals surface area (Å²) in [5.41, 5.74) is 3.13. The summed E-state index contributed by atoms with van der Waals surface area (Å²) in [4.78, 5) is 25.0. The molecule has 214 valence electrons. The molecule has 2 aliphatic heterocycles. The number of rotatable bonds is 8. The quantitative estimate of drug-likeness (QED) is 0.317. The van der Waals surface area contributed by atoms with Crippen LogP contribution in [0, 0.1) is 12.7 Å². The number of aromatic nitrogens is 3. The first kappa shape index (κ1) is 27.5. The maximum absolute atomic E-state index is 14.2. The highest BCUT2D eigenvalue weighted by atomic mass is 32.2. The van der Waals surface area contributed by atoms with Crippen LogP contribution in [-0.4, -0.2) is 58.6 Å². The smallest absolute Gasteiger partial charge is 0.251 e. The number of amides is 1. The number of pyridine rings is 1. The molecule has 0 spiro atoms. The number of benzene rings is 2. The van der Waals surface area contributed by atoms with Crippen LogP contribution in [0.25, 0.3) is 11.0 Å². The maximum Gasteiger partial charge on any atom is 0.251 e. The summed E-state index contributed by atoms with van der Waals surface area (Å²) in [5, 5.41) is 3.08. The fourth-order valence-corrected chi connectivity index (χ4v) is 7.39. The number of piperidine rings is 1. The molecule has 2 aliphatic rings. The minimum atomic E-state index is -3.36. The molecule has 41 heavy (non-hydrogen) atoms. The average molecular weight is 576 g/mol. The van der Waals surface area contributed by atoms with Crippen molar-refractivity contribution in [2.24, 2.45) is 0 Å². The van der Waals surface area contributed by atoms with Gasteiger partial charge in [-0.15, -0.1) is 0 Å². The van der Waals surface area contributed by atoms with Crippen LogP contribution in [0.15, 0.2) is 71.9 Å². The second kappa shape index (κ2) is 11.0. The number of carbonyl (C=O) groups excluding carboxylic acids is 1. The van der Waals surface area contributed by atoms with E-state index >= 15 is 0 Å². The lowest BCUT2D eigenvalue weighted by Gasteiger charge is -2.40. The van der Waals surface area contributed by atoms with E-state index in [9.17, 15) is 17.6 Å². The minimum Gasteiger partial charge on any atom is -0.345 e. The number of nitrogens with one attached hydrogen (secondary N) is 1. The molecule has 4 heterocycles. The molecule has 1 amide bonds. The summed E-state index contributed by atoms with van der Waals surface area (Å²) in [5.74, 6) is 0.346. The first-order chi connectivity index (χ1) is 19.7. The van der Waals surface area contributed by atoms with Gasteiger partial charge in [0, 0.05) is 42.7 Å². The molecule has 4 atom stereocenters. The number of fused-ring (bicyclic) bond motifs is 3. The number of sulfone groups is 1.